The fourth-order valence-corrected chi connectivity index (χ4v) is 16.3. The van der Waals surface area contributed by atoms with Gasteiger partial charge in [0.25, 0.3) is 7.52 Å². The molecule has 13 N–H and O–H groups in total. The maximum Gasteiger partial charge on any atom is 0.407 e. The van der Waals surface area contributed by atoms with Crippen LogP contribution in [0.15, 0.2) is 70.4 Å². The second kappa shape index (κ2) is 35.9. The Bertz CT molecular complexity index is 3660. The first-order valence-corrected chi connectivity index (χ1v) is 40.5. The zero-order valence-electron chi connectivity index (χ0n) is 60.7. The molecule has 1 aliphatic carbocycles. The van der Waals surface area contributed by atoms with Gasteiger partial charge in [-0.25, -0.2) is 19.8 Å². The van der Waals surface area contributed by atoms with E-state index in [2.05, 4.69) is 27.3 Å². The van der Waals surface area contributed by atoms with Crippen LogP contribution >= 0.6 is 37.8 Å². The molecule has 4 fully saturated rings. The molecule has 2 aromatic heterocycles. The average Bonchev–Trinajstić information content (AvgIpc) is 1.62. The first kappa shape index (κ1) is 84.0. The van der Waals surface area contributed by atoms with Crippen LogP contribution in [0.4, 0.5) is 4.79 Å². The predicted octanol–water partition coefficient (Wildman–Crippen LogP) is 9.73. The summed E-state index contributed by atoms with van der Waals surface area (Å²) < 4.78 is 52.0. The van der Waals surface area contributed by atoms with Crippen molar-refractivity contribution in [3.05, 3.63) is 103 Å². The van der Waals surface area contributed by atoms with Crippen LogP contribution in [0.1, 0.15) is 186 Å². The molecule has 15 atom stereocenters. The number of cyclic esters (lactones) is 2. The maximum atomic E-state index is 13.3. The molecule has 25 nitrogen and oxygen atoms in total. The third-order valence-electron chi connectivity index (χ3n) is 20.8. The summed E-state index contributed by atoms with van der Waals surface area (Å²) in [6, 6.07) is 16.0. The lowest BCUT2D eigenvalue weighted by Gasteiger charge is -2.34. The molecule has 3 unspecified atom stereocenters. The van der Waals surface area contributed by atoms with Crippen molar-refractivity contribution in [3.63, 3.8) is 0 Å². The number of rotatable bonds is 15. The molecule has 6 heterocycles. The molecular formula is C73H108N6O19P2S2. The highest BCUT2D eigenvalue weighted by atomic mass is 32.1. The zero-order valence-corrected chi connectivity index (χ0v) is 64.2. The number of thiazole rings is 2. The Kier molecular flexibility index (Phi) is 29.5. The fraction of sp³-hybridized carbons (Fsp3) is 0.630. The Balaban J connectivity index is 0.000000222. The molecule has 102 heavy (non-hydrogen) atoms. The number of ether oxygens (including phenoxy) is 5. The van der Waals surface area contributed by atoms with Crippen molar-refractivity contribution in [2.75, 3.05) is 32.0 Å². The Morgan fingerprint density at radius 3 is 1.52 bits per heavy atom. The number of esters is 2. The number of carbonyl (C=O) groups is 5. The minimum absolute atomic E-state index is 0.0283. The lowest BCUT2D eigenvalue weighted by molar-refractivity contribution is -0.156. The van der Waals surface area contributed by atoms with Crippen molar-refractivity contribution in [2.24, 2.45) is 46.0 Å². The van der Waals surface area contributed by atoms with Gasteiger partial charge in [-0.2, -0.15) is 0 Å². The minimum atomic E-state index is -4.12. The van der Waals surface area contributed by atoms with Crippen molar-refractivity contribution < 1.29 is 91.9 Å². The van der Waals surface area contributed by atoms with E-state index in [1.807, 2.05) is 106 Å². The number of ketones is 2. The Morgan fingerprint density at radius 2 is 1.10 bits per heavy atom. The second-order valence-electron chi connectivity index (χ2n) is 29.7. The molecule has 4 aliphatic heterocycles. The first-order valence-electron chi connectivity index (χ1n) is 35.1. The van der Waals surface area contributed by atoms with Gasteiger partial charge in [0.05, 0.1) is 102 Å². The number of benzene rings is 2. The number of hydrogen-bond donors (Lipinski definition) is 11. The minimum Gasteiger partial charge on any atom is -0.458 e. The molecule has 2 aromatic carbocycles. The second-order valence-corrected chi connectivity index (χ2v) is 35.5. The van der Waals surface area contributed by atoms with E-state index in [9.17, 15) is 58.4 Å². The van der Waals surface area contributed by atoms with Gasteiger partial charge in [0.15, 0.2) is 0 Å². The summed E-state index contributed by atoms with van der Waals surface area (Å²) in [5, 5.41) is 53.7. The number of nitrogens with two attached hydrogens (primary N) is 2. The van der Waals surface area contributed by atoms with Crippen LogP contribution in [-0.2, 0) is 65.1 Å². The number of carbonyl (C=O) groups excluding carboxylic acids is 5. The van der Waals surface area contributed by atoms with Crippen LogP contribution in [0.5, 0.6) is 0 Å². The monoisotopic (exact) mass is 1500 g/mol. The van der Waals surface area contributed by atoms with Crippen LogP contribution in [0, 0.1) is 34.5 Å². The van der Waals surface area contributed by atoms with Gasteiger partial charge < -0.3 is 75.6 Å². The molecule has 0 saturated carbocycles. The van der Waals surface area contributed by atoms with Crippen molar-refractivity contribution in [1.82, 2.24) is 20.4 Å². The number of alkyl carbamates (subject to hydrolysis) is 1. The number of Topliss-reactive ketones (excluding diaryl/α,β-unsaturated/α-hetero) is 2. The van der Waals surface area contributed by atoms with E-state index in [1.54, 1.807) is 41.5 Å². The van der Waals surface area contributed by atoms with Gasteiger partial charge in [0.1, 0.15) is 40.4 Å². The first-order chi connectivity index (χ1) is 47.7. The number of fused-ring (bicyclic) bond motifs is 5. The third kappa shape index (κ3) is 22.9. The van der Waals surface area contributed by atoms with E-state index in [1.165, 1.54) is 22.7 Å². The topological polar surface area (TPSA) is 416 Å². The van der Waals surface area contributed by atoms with E-state index >= 15 is 0 Å². The Morgan fingerprint density at radius 1 is 0.667 bits per heavy atom. The molecule has 1 amide bonds. The summed E-state index contributed by atoms with van der Waals surface area (Å²) in [5.74, 6) is -3.38. The van der Waals surface area contributed by atoms with E-state index in [-0.39, 0.29) is 98.0 Å². The highest BCUT2D eigenvalue weighted by Gasteiger charge is 2.55. The van der Waals surface area contributed by atoms with Gasteiger partial charge in [0, 0.05) is 61.0 Å². The van der Waals surface area contributed by atoms with Crippen LogP contribution in [0.3, 0.4) is 0 Å². The lowest BCUT2D eigenvalue weighted by atomic mass is 9.73. The van der Waals surface area contributed by atoms with Crippen LogP contribution in [0.2, 0.25) is 0 Å². The zero-order chi connectivity index (χ0) is 75.5. The van der Waals surface area contributed by atoms with Gasteiger partial charge in [-0.15, -0.1) is 22.7 Å². The van der Waals surface area contributed by atoms with E-state index in [0.717, 1.165) is 82.6 Å². The van der Waals surface area contributed by atoms with Gasteiger partial charge in [-0.3, -0.25) is 28.3 Å². The molecule has 29 heteroatoms. The molecule has 4 saturated heterocycles. The number of nitrogens with zero attached hydrogens (tertiary/aromatic N) is 2. The quantitative estimate of drug-likeness (QED) is 0.0228. The Hall–Kier alpha value is -5.29. The molecule has 9 rings (SSSR count). The fourth-order valence-electron chi connectivity index (χ4n) is 13.6. The van der Waals surface area contributed by atoms with Crippen molar-refractivity contribution >= 4 is 79.5 Å². The smallest absolute Gasteiger partial charge is 0.407 e. The predicted molar refractivity (Wildman–Crippen MR) is 391 cm³/mol. The van der Waals surface area contributed by atoms with Crippen LogP contribution < -0.4 is 21.9 Å². The third-order valence-corrected chi connectivity index (χ3v) is 24.9. The number of nitrogens with one attached hydrogen (secondary N) is 2. The molecule has 0 spiro atoms. The van der Waals surface area contributed by atoms with E-state index in [0.29, 0.717) is 30.1 Å². The van der Waals surface area contributed by atoms with Crippen molar-refractivity contribution in [2.45, 2.75) is 226 Å². The van der Waals surface area contributed by atoms with Gasteiger partial charge in [-0.1, -0.05) is 117 Å². The molecule has 5 aliphatic rings. The Labute approximate surface area is 607 Å². The number of aliphatic hydroxyl groups excluding tert-OH is 4. The number of epoxide rings is 2. The van der Waals surface area contributed by atoms with Crippen LogP contribution in [-0.4, -0.2) is 167 Å². The molecule has 0 radical (unpaired) electrons. The molecule has 4 aromatic rings. The standard InChI is InChI=1S/C29H48N3O8PS.C27H42N2O6S.C17H18NO5P/c1-17-8-7-9-29(6)23(40-29)13-21(39-25(34)14-22(33)28(4,5)27(36)19(3)26(17)35)18(2)12-20-16-42-24(32-20)15-31-41(37,38)11-10-30;1-15-8-7-9-27(6)21(35-27)11-19(16(2)10-18-14-36-22(13-28)29-18)34-23(31)12-20(30)26(4,5)25(33)17(3)24(15)32;19-17(18-9-10-24(20,21)22)23-11-16-14-7-3-1-5-12(14)13-6-2-4-8-15(13)16/h12,16-17,19,21-23,26,33,35H,7-11,13-15,30H2,1-6H3,(H2,31,37,38);10,14-15,17,19-21,24,30,32H,7-9,11-13,28H2,1-6H3;1-8,16H,9-11H2,(H,18,19)(H2,20,21,22)/b18-12+;16-10+;/t17-,19+,21+,22-,23?,26-,29+;15-,17+,19-,20-,21?,24-,27+;/m00./s1. The van der Waals surface area contributed by atoms with Crippen molar-refractivity contribution in [3.8, 4) is 11.1 Å². The highest BCUT2D eigenvalue weighted by Crippen LogP contribution is 2.48. The average molecular weight is 1500 g/mol. The van der Waals surface area contributed by atoms with E-state index < -0.39 is 98.6 Å². The van der Waals surface area contributed by atoms with Crippen molar-refractivity contribution in [1.29, 1.82) is 0 Å². The molecule has 566 valence electrons. The summed E-state index contributed by atoms with van der Waals surface area (Å²) in [5.41, 5.74) is 15.4. The molecule has 0 bridgehead atoms. The maximum absolute atomic E-state index is 13.3. The summed E-state index contributed by atoms with van der Waals surface area (Å²) in [6.45, 7) is 22.1. The summed E-state index contributed by atoms with van der Waals surface area (Å²) in [4.78, 5) is 101. The number of amides is 1. The summed E-state index contributed by atoms with van der Waals surface area (Å²) in [7, 11) is -7.64. The number of hydrogen-bond acceptors (Lipinski definition) is 22. The van der Waals surface area contributed by atoms with Gasteiger partial charge in [0.2, 0.25) is 0 Å². The SMILES string of the molecule is C/C(=C\c1csc(CN)n1)[C@@H]1CC2O[C@]2(C)CCC[C@H](C)[C@H](O)[C@@H](C)C(=O)C(C)(C)[C@@H](O)CC(=O)O1.C/C(=C\c1csc(CNP(=O)(O)CCN)n1)[C@H]1CC2O[C@]2(C)CCC[C@H](C)[C@H](O)[C@@H](C)C(=O)C(C)(C)[C@@H](O)CC(=O)O1.O=C(NCCP(=O)(O)O)OCC1c2ccccc2-c2ccccc21. The normalized spacial score (nSPS) is 30.4. The largest absolute Gasteiger partial charge is 0.458 e. The van der Waals surface area contributed by atoms with Crippen LogP contribution in [0.25, 0.3) is 23.3 Å². The highest BCUT2D eigenvalue weighted by molar-refractivity contribution is 7.55. The molecular weight excluding hydrogens is 1390 g/mol. The van der Waals surface area contributed by atoms with E-state index in [4.69, 9.17) is 44.9 Å². The van der Waals surface area contributed by atoms with Gasteiger partial charge >= 0.3 is 25.6 Å². The lowest BCUT2D eigenvalue weighted by Crippen LogP contribution is -2.45. The number of aliphatic hydroxyl groups is 4. The summed E-state index contributed by atoms with van der Waals surface area (Å²) >= 11 is 2.81. The number of aromatic nitrogens is 2. The van der Waals surface area contributed by atoms with Gasteiger partial charge in [-0.05, 0) is 111 Å². The summed E-state index contributed by atoms with van der Waals surface area (Å²) in [6.07, 6.45) is 1.92.